The molecule has 0 fully saturated rings. The summed E-state index contributed by atoms with van der Waals surface area (Å²) < 4.78 is 2.33. The normalized spacial score (nSPS) is 10.9. The second-order valence-corrected chi connectivity index (χ2v) is 4.12. The van der Waals surface area contributed by atoms with Gasteiger partial charge in [0, 0.05) is 36.0 Å². The highest BCUT2D eigenvalue weighted by atomic mass is 127. The van der Waals surface area contributed by atoms with Gasteiger partial charge in [-0.25, -0.2) is 3.11 Å². The van der Waals surface area contributed by atoms with Gasteiger partial charge in [-0.15, -0.1) is 0 Å². The molecule has 0 radical (unpaired) electrons. The SMILES string of the molecule is CCCCCN(I)CCCN. The van der Waals surface area contributed by atoms with Gasteiger partial charge < -0.3 is 5.73 Å². The van der Waals surface area contributed by atoms with E-state index in [-0.39, 0.29) is 0 Å². The lowest BCUT2D eigenvalue weighted by Crippen LogP contribution is -2.17. The molecule has 0 saturated heterocycles. The van der Waals surface area contributed by atoms with Gasteiger partial charge >= 0.3 is 0 Å². The van der Waals surface area contributed by atoms with Crippen molar-refractivity contribution in [2.45, 2.75) is 32.6 Å². The van der Waals surface area contributed by atoms with Crippen LogP contribution in [0.25, 0.3) is 0 Å². The highest BCUT2D eigenvalue weighted by Crippen LogP contribution is 2.03. The van der Waals surface area contributed by atoms with Crippen LogP contribution < -0.4 is 5.73 Å². The quantitative estimate of drug-likeness (QED) is 0.436. The summed E-state index contributed by atoms with van der Waals surface area (Å²) in [7, 11) is 0. The van der Waals surface area contributed by atoms with E-state index in [1.54, 1.807) is 0 Å². The predicted octanol–water partition coefficient (Wildman–Crippen LogP) is 2.18. The van der Waals surface area contributed by atoms with Gasteiger partial charge in [-0.3, -0.25) is 0 Å². The zero-order valence-electron chi connectivity index (χ0n) is 7.35. The molecule has 0 bridgehead atoms. The minimum absolute atomic E-state index is 0.813. The molecule has 0 amide bonds. The van der Waals surface area contributed by atoms with Gasteiger partial charge in [0.05, 0.1) is 0 Å². The Kier molecular flexibility index (Phi) is 9.26. The number of hydrogen-bond acceptors (Lipinski definition) is 2. The van der Waals surface area contributed by atoms with Gasteiger partial charge in [0.1, 0.15) is 0 Å². The van der Waals surface area contributed by atoms with E-state index in [2.05, 4.69) is 32.9 Å². The maximum absolute atomic E-state index is 5.40. The highest BCUT2D eigenvalue weighted by molar-refractivity contribution is 14.1. The van der Waals surface area contributed by atoms with Crippen LogP contribution in [0.2, 0.25) is 0 Å². The average molecular weight is 270 g/mol. The third-order valence-electron chi connectivity index (χ3n) is 1.61. The maximum Gasteiger partial charge on any atom is 0.0201 e. The molecule has 0 spiro atoms. The molecular weight excluding hydrogens is 251 g/mol. The van der Waals surface area contributed by atoms with Crippen molar-refractivity contribution in [3.05, 3.63) is 0 Å². The highest BCUT2D eigenvalue weighted by Gasteiger charge is 1.97. The van der Waals surface area contributed by atoms with Gasteiger partial charge in [0.25, 0.3) is 0 Å². The molecule has 0 aliphatic carbocycles. The van der Waals surface area contributed by atoms with Gasteiger partial charge in [-0.05, 0) is 19.4 Å². The number of hydrogen-bond donors (Lipinski definition) is 1. The molecule has 68 valence electrons. The number of nitrogens with zero attached hydrogens (tertiary/aromatic N) is 1. The third-order valence-corrected chi connectivity index (χ3v) is 2.57. The van der Waals surface area contributed by atoms with E-state index in [9.17, 15) is 0 Å². The fourth-order valence-electron chi connectivity index (χ4n) is 0.908. The smallest absolute Gasteiger partial charge is 0.0201 e. The monoisotopic (exact) mass is 270 g/mol. The summed E-state index contributed by atoms with van der Waals surface area (Å²) in [5.74, 6) is 0. The van der Waals surface area contributed by atoms with Crippen molar-refractivity contribution >= 4 is 22.9 Å². The van der Waals surface area contributed by atoms with Crippen LogP contribution in [0.4, 0.5) is 0 Å². The van der Waals surface area contributed by atoms with E-state index >= 15 is 0 Å². The molecule has 0 aromatic heterocycles. The number of unbranched alkanes of at least 4 members (excludes halogenated alkanes) is 2. The molecule has 3 heteroatoms. The Morgan fingerprint density at radius 3 is 2.36 bits per heavy atom. The molecule has 0 heterocycles. The molecule has 2 nitrogen and oxygen atoms in total. The second kappa shape index (κ2) is 8.74. The van der Waals surface area contributed by atoms with Crippen LogP contribution in [-0.4, -0.2) is 22.7 Å². The van der Waals surface area contributed by atoms with Crippen molar-refractivity contribution in [1.82, 2.24) is 3.11 Å². The first-order valence-corrected chi connectivity index (χ1v) is 5.38. The molecule has 0 aromatic rings. The zero-order valence-corrected chi connectivity index (χ0v) is 9.51. The molecule has 0 unspecified atom stereocenters. The van der Waals surface area contributed by atoms with Crippen molar-refractivity contribution in [2.24, 2.45) is 5.73 Å². The largest absolute Gasteiger partial charge is 0.330 e. The summed E-state index contributed by atoms with van der Waals surface area (Å²) in [5.41, 5.74) is 5.40. The van der Waals surface area contributed by atoms with Crippen molar-refractivity contribution in [3.63, 3.8) is 0 Å². The van der Waals surface area contributed by atoms with E-state index in [0.717, 1.165) is 19.5 Å². The third kappa shape index (κ3) is 8.56. The molecular formula is C8H19IN2. The van der Waals surface area contributed by atoms with E-state index in [0.29, 0.717) is 0 Å². The molecule has 0 aliphatic rings. The molecule has 0 aliphatic heterocycles. The minimum Gasteiger partial charge on any atom is -0.330 e. The summed E-state index contributed by atoms with van der Waals surface area (Å²) in [4.78, 5) is 0. The van der Waals surface area contributed by atoms with Gasteiger partial charge in [0.15, 0.2) is 0 Å². The van der Waals surface area contributed by atoms with Crippen LogP contribution in [0.1, 0.15) is 32.6 Å². The van der Waals surface area contributed by atoms with Gasteiger partial charge in [-0.2, -0.15) is 0 Å². The Labute approximate surface area is 84.0 Å². The topological polar surface area (TPSA) is 29.3 Å². The first-order valence-electron chi connectivity index (χ1n) is 4.42. The fourth-order valence-corrected chi connectivity index (χ4v) is 1.59. The first-order chi connectivity index (χ1) is 5.31. The lowest BCUT2D eigenvalue weighted by Gasteiger charge is -2.12. The summed E-state index contributed by atoms with van der Waals surface area (Å²) >= 11 is 2.38. The van der Waals surface area contributed by atoms with Gasteiger partial charge in [0.2, 0.25) is 0 Å². The molecule has 11 heavy (non-hydrogen) atoms. The zero-order chi connectivity index (χ0) is 8.53. The Balaban J connectivity index is 3.02. The van der Waals surface area contributed by atoms with Crippen LogP contribution in [0.5, 0.6) is 0 Å². The lowest BCUT2D eigenvalue weighted by molar-refractivity contribution is 0.475. The van der Waals surface area contributed by atoms with E-state index in [4.69, 9.17) is 5.73 Å². The maximum atomic E-state index is 5.40. The van der Waals surface area contributed by atoms with Crippen molar-refractivity contribution in [1.29, 1.82) is 0 Å². The van der Waals surface area contributed by atoms with Crippen LogP contribution in [0, 0.1) is 0 Å². The Morgan fingerprint density at radius 1 is 1.18 bits per heavy atom. The van der Waals surface area contributed by atoms with Crippen LogP contribution >= 0.6 is 22.9 Å². The first kappa shape index (κ1) is 11.6. The van der Waals surface area contributed by atoms with Crippen LogP contribution in [0.15, 0.2) is 0 Å². The van der Waals surface area contributed by atoms with E-state index in [1.165, 1.54) is 25.8 Å². The minimum atomic E-state index is 0.813. The van der Waals surface area contributed by atoms with Crippen LogP contribution in [0.3, 0.4) is 0 Å². The molecule has 0 atom stereocenters. The molecule has 0 rings (SSSR count). The van der Waals surface area contributed by atoms with Gasteiger partial charge in [-0.1, -0.05) is 19.8 Å². The lowest BCUT2D eigenvalue weighted by atomic mass is 10.2. The summed E-state index contributed by atoms with van der Waals surface area (Å²) in [6, 6.07) is 0. The summed E-state index contributed by atoms with van der Waals surface area (Å²) in [5, 5.41) is 0. The second-order valence-electron chi connectivity index (χ2n) is 2.76. The number of rotatable bonds is 7. The van der Waals surface area contributed by atoms with Crippen molar-refractivity contribution in [3.8, 4) is 0 Å². The fraction of sp³-hybridized carbons (Fsp3) is 1.00. The Morgan fingerprint density at radius 2 is 1.82 bits per heavy atom. The number of nitrogens with two attached hydrogens (primary N) is 1. The van der Waals surface area contributed by atoms with Crippen molar-refractivity contribution in [2.75, 3.05) is 19.6 Å². The molecule has 0 aromatic carbocycles. The summed E-state index contributed by atoms with van der Waals surface area (Å²) in [6.45, 7) is 5.40. The Bertz CT molecular complexity index is 78.5. The predicted molar refractivity (Wildman–Crippen MR) is 58.8 cm³/mol. The Hall–Kier alpha value is 0.650. The van der Waals surface area contributed by atoms with E-state index in [1.807, 2.05) is 0 Å². The average Bonchev–Trinajstić information content (AvgIpc) is 2.01. The van der Waals surface area contributed by atoms with E-state index < -0.39 is 0 Å². The van der Waals surface area contributed by atoms with Crippen molar-refractivity contribution < 1.29 is 0 Å². The molecule has 2 N–H and O–H groups in total. The van der Waals surface area contributed by atoms with Crippen LogP contribution in [-0.2, 0) is 0 Å². The number of halogens is 1. The molecule has 0 saturated carbocycles. The summed E-state index contributed by atoms with van der Waals surface area (Å²) in [6.07, 6.45) is 5.10. The standard InChI is InChI=1S/C8H19IN2/c1-2-3-4-7-11(9)8-5-6-10/h2-8,10H2,1H3.